The summed E-state index contributed by atoms with van der Waals surface area (Å²) in [5.41, 5.74) is 7.73. The van der Waals surface area contributed by atoms with Gasteiger partial charge in [0.1, 0.15) is 0 Å². The maximum absolute atomic E-state index is 4.60. The number of nitrogens with zero attached hydrogens (tertiary/aromatic N) is 2. The summed E-state index contributed by atoms with van der Waals surface area (Å²) in [5.74, 6) is 0. The number of rotatable bonds is 5. The van der Waals surface area contributed by atoms with E-state index in [2.05, 4.69) is 74.8 Å². The van der Waals surface area contributed by atoms with Gasteiger partial charge in [0.2, 0.25) is 0 Å². The maximum atomic E-state index is 4.60. The van der Waals surface area contributed by atoms with E-state index in [-0.39, 0.29) is 6.04 Å². The van der Waals surface area contributed by atoms with Crippen molar-refractivity contribution in [2.24, 2.45) is 0 Å². The van der Waals surface area contributed by atoms with E-state index in [9.17, 15) is 0 Å². The van der Waals surface area contributed by atoms with Gasteiger partial charge in [0.05, 0.1) is 17.4 Å². The summed E-state index contributed by atoms with van der Waals surface area (Å²) in [7, 11) is 0. The molecule has 21 heavy (non-hydrogen) atoms. The molecule has 1 aromatic carbocycles. The van der Waals surface area contributed by atoms with Crippen LogP contribution in [0.3, 0.4) is 0 Å². The Morgan fingerprint density at radius 2 is 1.67 bits per heavy atom. The Balaban J connectivity index is 2.55. The summed E-state index contributed by atoms with van der Waals surface area (Å²) in [5, 5.41) is 8.23. The van der Waals surface area contributed by atoms with Crippen molar-refractivity contribution in [1.82, 2.24) is 15.1 Å². The van der Waals surface area contributed by atoms with Gasteiger partial charge in [-0.3, -0.25) is 4.68 Å². The van der Waals surface area contributed by atoms with Crippen molar-refractivity contribution >= 4 is 0 Å². The lowest BCUT2D eigenvalue weighted by atomic mass is 9.94. The number of hydrogen-bond acceptors (Lipinski definition) is 2. The molecule has 2 aromatic rings. The van der Waals surface area contributed by atoms with Gasteiger partial charge in [-0.2, -0.15) is 5.10 Å². The van der Waals surface area contributed by atoms with Crippen LogP contribution in [-0.4, -0.2) is 16.3 Å². The number of aryl methyl sites for hydroxylation is 5. The van der Waals surface area contributed by atoms with E-state index in [1.165, 1.54) is 27.9 Å². The number of hydrogen-bond donors (Lipinski definition) is 1. The van der Waals surface area contributed by atoms with Crippen LogP contribution >= 0.6 is 0 Å². The lowest BCUT2D eigenvalue weighted by Gasteiger charge is -2.22. The molecule has 0 radical (unpaired) electrons. The van der Waals surface area contributed by atoms with Gasteiger partial charge in [0, 0.05) is 6.54 Å². The molecule has 1 unspecified atom stereocenters. The molecular formula is C18H27N3. The molecule has 0 aliphatic rings. The molecule has 1 atom stereocenters. The van der Waals surface area contributed by atoms with E-state index in [1.807, 2.05) is 0 Å². The average Bonchev–Trinajstić information content (AvgIpc) is 2.81. The largest absolute Gasteiger partial charge is 0.305 e. The third kappa shape index (κ3) is 3.18. The quantitative estimate of drug-likeness (QED) is 0.904. The van der Waals surface area contributed by atoms with Crippen LogP contribution in [0.2, 0.25) is 0 Å². The first-order valence-electron chi connectivity index (χ1n) is 7.83. The lowest BCUT2D eigenvalue weighted by Crippen LogP contribution is -2.25. The van der Waals surface area contributed by atoms with E-state index in [0.29, 0.717) is 0 Å². The van der Waals surface area contributed by atoms with Gasteiger partial charge in [0.15, 0.2) is 0 Å². The van der Waals surface area contributed by atoms with Crippen molar-refractivity contribution < 1.29 is 0 Å². The van der Waals surface area contributed by atoms with Crippen molar-refractivity contribution in [2.45, 2.75) is 54.1 Å². The molecular weight excluding hydrogens is 258 g/mol. The predicted octanol–water partition coefficient (Wildman–Crippen LogP) is 3.84. The van der Waals surface area contributed by atoms with Gasteiger partial charge in [0.25, 0.3) is 0 Å². The van der Waals surface area contributed by atoms with E-state index in [0.717, 1.165) is 18.8 Å². The fourth-order valence-corrected chi connectivity index (χ4v) is 2.92. The minimum Gasteiger partial charge on any atom is -0.305 e. The molecule has 3 heteroatoms. The monoisotopic (exact) mass is 285 g/mol. The first kappa shape index (κ1) is 15.8. The Bertz CT molecular complexity index is 626. The topological polar surface area (TPSA) is 29.9 Å². The smallest absolute Gasteiger partial charge is 0.0750 e. The highest BCUT2D eigenvalue weighted by molar-refractivity contribution is 5.41. The summed E-state index contributed by atoms with van der Waals surface area (Å²) in [6.07, 6.45) is 0. The highest BCUT2D eigenvalue weighted by Gasteiger charge is 2.20. The average molecular weight is 285 g/mol. The van der Waals surface area contributed by atoms with Crippen LogP contribution in [0.5, 0.6) is 0 Å². The Morgan fingerprint density at radius 3 is 2.29 bits per heavy atom. The molecule has 0 saturated heterocycles. The standard InChI is InChI=1S/C18H27N3/c1-7-19-18(17-11-15(6)20-21(17)8-2)16-10-13(4)12(3)9-14(16)5/h9-11,18-19H,7-8H2,1-6H3. The summed E-state index contributed by atoms with van der Waals surface area (Å²) in [6.45, 7) is 14.8. The second kappa shape index (κ2) is 6.44. The van der Waals surface area contributed by atoms with Crippen LogP contribution in [0.4, 0.5) is 0 Å². The number of nitrogens with one attached hydrogen (secondary N) is 1. The molecule has 0 saturated carbocycles. The number of aromatic nitrogens is 2. The zero-order valence-electron chi connectivity index (χ0n) is 14.1. The van der Waals surface area contributed by atoms with Gasteiger partial charge in [-0.15, -0.1) is 0 Å². The van der Waals surface area contributed by atoms with E-state index >= 15 is 0 Å². The maximum Gasteiger partial charge on any atom is 0.0750 e. The molecule has 0 fully saturated rings. The number of benzene rings is 1. The van der Waals surface area contributed by atoms with Gasteiger partial charge < -0.3 is 5.32 Å². The van der Waals surface area contributed by atoms with Crippen molar-refractivity contribution in [3.05, 3.63) is 51.8 Å². The van der Waals surface area contributed by atoms with Crippen LogP contribution < -0.4 is 5.32 Å². The molecule has 1 N–H and O–H groups in total. The molecule has 0 aliphatic heterocycles. The SMILES string of the molecule is CCNC(c1cc(C)c(C)cc1C)c1cc(C)nn1CC. The minimum atomic E-state index is 0.204. The molecule has 0 aliphatic carbocycles. The zero-order valence-corrected chi connectivity index (χ0v) is 14.1. The fourth-order valence-electron chi connectivity index (χ4n) is 2.92. The summed E-state index contributed by atoms with van der Waals surface area (Å²) < 4.78 is 2.11. The van der Waals surface area contributed by atoms with E-state index in [1.54, 1.807) is 0 Å². The molecule has 3 nitrogen and oxygen atoms in total. The zero-order chi connectivity index (χ0) is 15.6. The van der Waals surface area contributed by atoms with Gasteiger partial charge in [-0.1, -0.05) is 19.1 Å². The first-order chi connectivity index (χ1) is 9.97. The minimum absolute atomic E-state index is 0.204. The molecule has 0 amide bonds. The Hall–Kier alpha value is -1.61. The van der Waals surface area contributed by atoms with Crippen LogP contribution in [0.25, 0.3) is 0 Å². The van der Waals surface area contributed by atoms with Crippen LogP contribution in [0.1, 0.15) is 53.5 Å². The van der Waals surface area contributed by atoms with Gasteiger partial charge in [-0.05, 0) is 69.5 Å². The second-order valence-electron chi connectivity index (χ2n) is 5.81. The summed E-state index contributed by atoms with van der Waals surface area (Å²) in [6, 6.07) is 7.01. The van der Waals surface area contributed by atoms with Crippen molar-refractivity contribution in [3.63, 3.8) is 0 Å². The molecule has 0 spiro atoms. The first-order valence-corrected chi connectivity index (χ1v) is 7.83. The van der Waals surface area contributed by atoms with Crippen molar-refractivity contribution in [2.75, 3.05) is 6.54 Å². The Morgan fingerprint density at radius 1 is 1.00 bits per heavy atom. The van der Waals surface area contributed by atoms with Crippen molar-refractivity contribution in [1.29, 1.82) is 0 Å². The molecule has 1 aromatic heterocycles. The van der Waals surface area contributed by atoms with E-state index < -0.39 is 0 Å². The molecule has 0 bridgehead atoms. The fraction of sp³-hybridized carbons (Fsp3) is 0.500. The molecule has 1 heterocycles. The van der Waals surface area contributed by atoms with Crippen molar-refractivity contribution in [3.8, 4) is 0 Å². The van der Waals surface area contributed by atoms with Crippen LogP contribution in [0, 0.1) is 27.7 Å². The summed E-state index contributed by atoms with van der Waals surface area (Å²) >= 11 is 0. The van der Waals surface area contributed by atoms with Crippen LogP contribution in [-0.2, 0) is 6.54 Å². The Labute approximate surface area is 128 Å². The van der Waals surface area contributed by atoms with Gasteiger partial charge >= 0.3 is 0 Å². The third-order valence-corrected chi connectivity index (χ3v) is 4.13. The highest BCUT2D eigenvalue weighted by Crippen LogP contribution is 2.28. The molecule has 2 rings (SSSR count). The Kier molecular flexibility index (Phi) is 4.84. The van der Waals surface area contributed by atoms with E-state index in [4.69, 9.17) is 0 Å². The second-order valence-corrected chi connectivity index (χ2v) is 5.81. The predicted molar refractivity (Wildman–Crippen MR) is 88.8 cm³/mol. The van der Waals surface area contributed by atoms with Gasteiger partial charge in [-0.25, -0.2) is 0 Å². The lowest BCUT2D eigenvalue weighted by molar-refractivity contribution is 0.539. The molecule has 114 valence electrons. The third-order valence-electron chi connectivity index (χ3n) is 4.13. The highest BCUT2D eigenvalue weighted by atomic mass is 15.3. The normalized spacial score (nSPS) is 12.7. The van der Waals surface area contributed by atoms with Crippen LogP contribution in [0.15, 0.2) is 18.2 Å². The summed E-state index contributed by atoms with van der Waals surface area (Å²) in [4.78, 5) is 0.